The van der Waals surface area contributed by atoms with Crippen molar-refractivity contribution in [3.8, 4) is 0 Å². The third kappa shape index (κ3) is 1.59. The van der Waals surface area contributed by atoms with Crippen molar-refractivity contribution in [2.75, 3.05) is 0 Å². The number of aliphatic hydroxyl groups is 1. The van der Waals surface area contributed by atoms with E-state index in [0.717, 1.165) is 25.5 Å². The van der Waals surface area contributed by atoms with E-state index in [2.05, 4.69) is 18.2 Å². The molecule has 2 aliphatic rings. The molecule has 0 radical (unpaired) electrons. The van der Waals surface area contributed by atoms with Crippen LogP contribution in [0.5, 0.6) is 0 Å². The monoisotopic (exact) mass is 228 g/mol. The topological polar surface area (TPSA) is 37.3 Å². The fourth-order valence-corrected chi connectivity index (χ4v) is 3.36. The molecule has 0 bridgehead atoms. The van der Waals surface area contributed by atoms with Gasteiger partial charge in [0.15, 0.2) is 5.78 Å². The van der Waals surface area contributed by atoms with Crippen LogP contribution in [-0.4, -0.2) is 10.9 Å². The summed E-state index contributed by atoms with van der Waals surface area (Å²) < 4.78 is 0. The van der Waals surface area contributed by atoms with Gasteiger partial charge in [0.2, 0.25) is 0 Å². The normalized spacial score (nSPS) is 29.9. The smallest absolute Gasteiger partial charge is 0.162 e. The molecule has 0 aromatic heterocycles. The largest absolute Gasteiger partial charge is 0.515 e. The average Bonchev–Trinajstić information content (AvgIpc) is 2.61. The molecule has 88 valence electrons. The first-order valence-corrected chi connectivity index (χ1v) is 6.26. The molecule has 1 fully saturated rings. The quantitative estimate of drug-likeness (QED) is 0.547. The van der Waals surface area contributed by atoms with Crippen LogP contribution < -0.4 is 0 Å². The van der Waals surface area contributed by atoms with Gasteiger partial charge in [-0.05, 0) is 36.3 Å². The lowest BCUT2D eigenvalue weighted by atomic mass is 9.85. The molecule has 2 nitrogen and oxygen atoms in total. The second kappa shape index (κ2) is 4.02. The fourth-order valence-electron chi connectivity index (χ4n) is 3.36. The lowest BCUT2D eigenvalue weighted by molar-refractivity contribution is -0.116. The molecule has 17 heavy (non-hydrogen) atoms. The molecule has 1 aromatic carbocycles. The van der Waals surface area contributed by atoms with Crippen molar-refractivity contribution in [2.45, 2.75) is 31.6 Å². The molecule has 1 saturated carbocycles. The van der Waals surface area contributed by atoms with Crippen molar-refractivity contribution in [2.24, 2.45) is 5.92 Å². The van der Waals surface area contributed by atoms with Crippen LogP contribution >= 0.6 is 0 Å². The Balaban J connectivity index is 2.05. The number of carbonyl (C=O) groups is 1. The lowest BCUT2D eigenvalue weighted by Gasteiger charge is -2.17. The maximum absolute atomic E-state index is 11.9. The Morgan fingerprint density at radius 3 is 2.88 bits per heavy atom. The van der Waals surface area contributed by atoms with E-state index in [9.17, 15) is 9.90 Å². The zero-order valence-electron chi connectivity index (χ0n) is 9.73. The van der Waals surface area contributed by atoms with E-state index in [-0.39, 0.29) is 11.7 Å². The van der Waals surface area contributed by atoms with Crippen LogP contribution in [0.15, 0.2) is 36.1 Å². The lowest BCUT2D eigenvalue weighted by Crippen LogP contribution is -2.14. The SMILES string of the molecule is O=C1CCCC2c3ccccc3CC2/C1=C/O. The molecule has 0 heterocycles. The fraction of sp³-hybridized carbons (Fsp3) is 0.400. The van der Waals surface area contributed by atoms with Gasteiger partial charge < -0.3 is 5.11 Å². The number of carbonyl (C=O) groups excluding carboxylic acids is 1. The van der Waals surface area contributed by atoms with Gasteiger partial charge in [-0.15, -0.1) is 0 Å². The summed E-state index contributed by atoms with van der Waals surface area (Å²) in [6.07, 6.45) is 4.54. The number of ketones is 1. The van der Waals surface area contributed by atoms with Gasteiger partial charge in [-0.25, -0.2) is 0 Å². The van der Waals surface area contributed by atoms with E-state index in [4.69, 9.17) is 0 Å². The Morgan fingerprint density at radius 2 is 2.06 bits per heavy atom. The number of allylic oxidation sites excluding steroid dienone is 1. The van der Waals surface area contributed by atoms with E-state index >= 15 is 0 Å². The first kappa shape index (κ1) is 10.6. The van der Waals surface area contributed by atoms with Crippen molar-refractivity contribution in [3.63, 3.8) is 0 Å². The van der Waals surface area contributed by atoms with Gasteiger partial charge in [-0.3, -0.25) is 4.79 Å². The van der Waals surface area contributed by atoms with Crippen molar-refractivity contribution in [3.05, 3.63) is 47.2 Å². The van der Waals surface area contributed by atoms with Crippen LogP contribution in [0.2, 0.25) is 0 Å². The third-order valence-electron chi connectivity index (χ3n) is 4.16. The van der Waals surface area contributed by atoms with Crippen molar-refractivity contribution in [1.29, 1.82) is 0 Å². The Labute approximate surface area is 101 Å². The van der Waals surface area contributed by atoms with Crippen LogP contribution in [0.4, 0.5) is 0 Å². The van der Waals surface area contributed by atoms with Crippen molar-refractivity contribution >= 4 is 5.78 Å². The highest BCUT2D eigenvalue weighted by Gasteiger charge is 2.38. The zero-order valence-corrected chi connectivity index (χ0v) is 9.73. The molecule has 2 aliphatic carbocycles. The van der Waals surface area contributed by atoms with Crippen LogP contribution in [0.1, 0.15) is 36.3 Å². The van der Waals surface area contributed by atoms with Crippen LogP contribution in [-0.2, 0) is 11.2 Å². The third-order valence-corrected chi connectivity index (χ3v) is 4.16. The summed E-state index contributed by atoms with van der Waals surface area (Å²) >= 11 is 0. The minimum Gasteiger partial charge on any atom is -0.515 e. The van der Waals surface area contributed by atoms with Crippen LogP contribution in [0.3, 0.4) is 0 Å². The number of hydrogen-bond acceptors (Lipinski definition) is 2. The van der Waals surface area contributed by atoms with Crippen molar-refractivity contribution < 1.29 is 9.90 Å². The Morgan fingerprint density at radius 1 is 1.24 bits per heavy atom. The summed E-state index contributed by atoms with van der Waals surface area (Å²) in [7, 11) is 0. The van der Waals surface area contributed by atoms with E-state index in [1.54, 1.807) is 0 Å². The first-order chi connectivity index (χ1) is 8.31. The maximum Gasteiger partial charge on any atom is 0.162 e. The first-order valence-electron chi connectivity index (χ1n) is 6.26. The summed E-state index contributed by atoms with van der Waals surface area (Å²) in [5, 5.41) is 9.33. The molecule has 0 spiro atoms. The van der Waals surface area contributed by atoms with E-state index in [1.807, 2.05) is 6.07 Å². The zero-order chi connectivity index (χ0) is 11.8. The molecular formula is C15H16O2. The van der Waals surface area contributed by atoms with Crippen LogP contribution in [0, 0.1) is 5.92 Å². The number of benzene rings is 1. The second-order valence-corrected chi connectivity index (χ2v) is 5.02. The second-order valence-electron chi connectivity index (χ2n) is 5.02. The molecule has 0 amide bonds. The Hall–Kier alpha value is -1.57. The maximum atomic E-state index is 11.9. The number of hydrogen-bond donors (Lipinski definition) is 1. The van der Waals surface area contributed by atoms with Gasteiger partial charge in [0.1, 0.15) is 0 Å². The average molecular weight is 228 g/mol. The van der Waals surface area contributed by atoms with Crippen molar-refractivity contribution in [1.82, 2.24) is 0 Å². The number of Topliss-reactive ketones (excluding diaryl/α,β-unsaturated/α-hetero) is 1. The Bertz CT molecular complexity index is 487. The van der Waals surface area contributed by atoms with E-state index < -0.39 is 0 Å². The van der Waals surface area contributed by atoms with Gasteiger partial charge in [0.25, 0.3) is 0 Å². The number of aliphatic hydroxyl groups excluding tert-OH is 1. The predicted octanol–water partition coefficient (Wildman–Crippen LogP) is 3.14. The summed E-state index contributed by atoms with van der Waals surface area (Å²) in [5.74, 6) is 0.760. The van der Waals surface area contributed by atoms with Gasteiger partial charge in [-0.2, -0.15) is 0 Å². The summed E-state index contributed by atoms with van der Waals surface area (Å²) in [6.45, 7) is 0. The highest BCUT2D eigenvalue weighted by atomic mass is 16.2. The molecule has 1 aromatic rings. The molecule has 2 atom stereocenters. The van der Waals surface area contributed by atoms with Crippen LogP contribution in [0.25, 0.3) is 0 Å². The number of rotatable bonds is 0. The highest BCUT2D eigenvalue weighted by Crippen LogP contribution is 2.46. The standard InChI is InChI=1S/C15H16O2/c16-9-14-13-8-10-4-1-2-5-11(10)12(13)6-3-7-15(14)17/h1-2,4-5,9,12-13,16H,3,6-8H2/b14-9-. The van der Waals surface area contributed by atoms with E-state index in [0.29, 0.717) is 17.9 Å². The van der Waals surface area contributed by atoms with Gasteiger partial charge in [-0.1, -0.05) is 24.3 Å². The van der Waals surface area contributed by atoms with E-state index in [1.165, 1.54) is 11.1 Å². The number of fused-ring (bicyclic) bond motifs is 3. The molecule has 0 aliphatic heterocycles. The Kier molecular flexibility index (Phi) is 2.50. The molecule has 2 heteroatoms. The summed E-state index contributed by atoms with van der Waals surface area (Å²) in [5.41, 5.74) is 3.37. The van der Waals surface area contributed by atoms with Gasteiger partial charge in [0, 0.05) is 17.9 Å². The summed E-state index contributed by atoms with van der Waals surface area (Å²) in [6, 6.07) is 8.43. The molecule has 1 N–H and O–H groups in total. The summed E-state index contributed by atoms with van der Waals surface area (Å²) in [4.78, 5) is 11.9. The molecule has 3 rings (SSSR count). The minimum absolute atomic E-state index is 0.132. The molecule has 0 saturated heterocycles. The highest BCUT2D eigenvalue weighted by molar-refractivity contribution is 5.96. The van der Waals surface area contributed by atoms with Gasteiger partial charge in [0.05, 0.1) is 6.26 Å². The molecule has 2 unspecified atom stereocenters. The predicted molar refractivity (Wildman–Crippen MR) is 65.9 cm³/mol. The molecular weight excluding hydrogens is 212 g/mol. The minimum atomic E-state index is 0.132. The van der Waals surface area contributed by atoms with Gasteiger partial charge >= 0.3 is 0 Å².